The van der Waals surface area contributed by atoms with E-state index in [9.17, 15) is 31.7 Å². The number of nitrogens with zero attached hydrogens (tertiary/aromatic N) is 6. The Morgan fingerprint density at radius 2 is 2.00 bits per heavy atom. The van der Waals surface area contributed by atoms with Gasteiger partial charge in [0.05, 0.1) is 16.8 Å². The lowest BCUT2D eigenvalue weighted by atomic mass is 10.3. The Hall–Kier alpha value is -3.03. The van der Waals surface area contributed by atoms with Crippen LogP contribution in [0.4, 0.5) is 18.9 Å². The smallest absolute Gasteiger partial charge is 0.368 e. The predicted octanol–water partition coefficient (Wildman–Crippen LogP) is 1.47. The van der Waals surface area contributed by atoms with Gasteiger partial charge in [-0.15, -0.1) is 9.50 Å². The number of alkyl halides is 3. The van der Waals surface area contributed by atoms with Crippen LogP contribution >= 0.6 is 0 Å². The molecule has 0 amide bonds. The molecule has 1 aromatic heterocycles. The van der Waals surface area contributed by atoms with E-state index in [-0.39, 0.29) is 5.69 Å². The van der Waals surface area contributed by atoms with Crippen molar-refractivity contribution in [2.24, 2.45) is 4.40 Å². The second kappa shape index (κ2) is 6.70. The fourth-order valence-electron chi connectivity index (χ4n) is 1.74. The summed E-state index contributed by atoms with van der Waals surface area (Å²) in [5, 5.41) is 17.1. The summed E-state index contributed by atoms with van der Waals surface area (Å²) < 4.78 is 66.7. The molecule has 1 aromatic carbocycles. The van der Waals surface area contributed by atoms with Crippen LogP contribution in [0.5, 0.6) is 0 Å². The van der Waals surface area contributed by atoms with E-state index < -0.39 is 37.4 Å². The van der Waals surface area contributed by atoms with E-state index in [4.69, 9.17) is 0 Å². The SMILES string of the molecule is CN(C)C=NS(=O)(=O)c1cc([N+](=O)[O-])ccc1-n1cc(C(F)(F)F)nn1. The van der Waals surface area contributed by atoms with E-state index in [2.05, 4.69) is 14.7 Å². The summed E-state index contributed by atoms with van der Waals surface area (Å²) in [6.45, 7) is 0. The minimum atomic E-state index is -4.79. The molecule has 1 heterocycles. The molecular weight excluding hydrogens is 381 g/mol. The van der Waals surface area contributed by atoms with E-state index >= 15 is 0 Å². The van der Waals surface area contributed by atoms with Crippen molar-refractivity contribution >= 4 is 22.0 Å². The van der Waals surface area contributed by atoms with Gasteiger partial charge in [0, 0.05) is 26.2 Å². The number of rotatable bonds is 5. The number of non-ortho nitro benzene ring substituents is 1. The Balaban J connectivity index is 2.67. The minimum absolute atomic E-state index is 0.366. The zero-order valence-corrected chi connectivity index (χ0v) is 14.1. The van der Waals surface area contributed by atoms with Crippen molar-refractivity contribution in [2.45, 2.75) is 11.1 Å². The molecular formula is C12H11F3N6O4S. The van der Waals surface area contributed by atoms with Crippen LogP contribution in [-0.4, -0.2) is 53.7 Å². The summed E-state index contributed by atoms with van der Waals surface area (Å²) in [5.41, 5.74) is -2.30. The Bertz CT molecular complexity index is 968. The highest BCUT2D eigenvalue weighted by atomic mass is 32.2. The number of hydrogen-bond acceptors (Lipinski definition) is 6. The fourth-order valence-corrected chi connectivity index (χ4v) is 2.86. The van der Waals surface area contributed by atoms with E-state index in [1.165, 1.54) is 19.0 Å². The highest BCUT2D eigenvalue weighted by Gasteiger charge is 2.35. The topological polar surface area (TPSA) is 124 Å². The van der Waals surface area contributed by atoms with Gasteiger partial charge in [0.25, 0.3) is 15.7 Å². The van der Waals surface area contributed by atoms with Crippen LogP contribution in [0, 0.1) is 10.1 Å². The molecule has 0 N–H and O–H groups in total. The lowest BCUT2D eigenvalue weighted by Gasteiger charge is -2.08. The van der Waals surface area contributed by atoms with Gasteiger partial charge in [0.1, 0.15) is 11.2 Å². The highest BCUT2D eigenvalue weighted by Crippen LogP contribution is 2.30. The van der Waals surface area contributed by atoms with Gasteiger partial charge in [0.15, 0.2) is 5.69 Å². The lowest BCUT2D eigenvalue weighted by molar-refractivity contribution is -0.385. The Morgan fingerprint density at radius 3 is 2.50 bits per heavy atom. The molecule has 10 nitrogen and oxygen atoms in total. The Labute approximate surface area is 144 Å². The molecule has 2 rings (SSSR count). The molecule has 0 aliphatic carbocycles. The number of aromatic nitrogens is 3. The van der Waals surface area contributed by atoms with Gasteiger partial charge in [-0.1, -0.05) is 5.21 Å². The van der Waals surface area contributed by atoms with Crippen molar-refractivity contribution in [3.8, 4) is 5.69 Å². The van der Waals surface area contributed by atoms with Gasteiger partial charge in [-0.25, -0.2) is 4.68 Å². The first-order chi connectivity index (χ1) is 11.9. The van der Waals surface area contributed by atoms with Crippen molar-refractivity contribution < 1.29 is 26.5 Å². The second-order valence-corrected chi connectivity index (χ2v) is 6.72. The molecule has 0 atom stereocenters. The molecule has 0 saturated carbocycles. The average molecular weight is 392 g/mol. The predicted molar refractivity (Wildman–Crippen MR) is 82.4 cm³/mol. The van der Waals surface area contributed by atoms with Crippen LogP contribution in [0.1, 0.15) is 5.69 Å². The van der Waals surface area contributed by atoms with E-state index in [0.717, 1.165) is 18.5 Å². The number of hydrogen-bond donors (Lipinski definition) is 0. The van der Waals surface area contributed by atoms with Crippen LogP contribution in [0.25, 0.3) is 5.69 Å². The Morgan fingerprint density at radius 1 is 1.35 bits per heavy atom. The van der Waals surface area contributed by atoms with Gasteiger partial charge in [-0.2, -0.15) is 21.6 Å². The summed E-state index contributed by atoms with van der Waals surface area (Å²) in [5.74, 6) is 0. The molecule has 0 fully saturated rings. The minimum Gasteiger partial charge on any atom is -0.368 e. The van der Waals surface area contributed by atoms with Crippen LogP contribution in [0.3, 0.4) is 0 Å². The van der Waals surface area contributed by atoms with Gasteiger partial charge >= 0.3 is 6.18 Å². The summed E-state index contributed by atoms with van der Waals surface area (Å²) >= 11 is 0. The van der Waals surface area contributed by atoms with Crippen LogP contribution < -0.4 is 0 Å². The molecule has 0 unspecified atom stereocenters. The molecule has 0 aliphatic rings. The largest absolute Gasteiger partial charge is 0.436 e. The maximum atomic E-state index is 12.7. The Kier molecular flexibility index (Phi) is 4.97. The summed E-state index contributed by atoms with van der Waals surface area (Å²) in [6.07, 6.45) is -3.39. The van der Waals surface area contributed by atoms with Gasteiger partial charge in [-0.3, -0.25) is 10.1 Å². The third-order valence-corrected chi connectivity index (χ3v) is 4.13. The third kappa shape index (κ3) is 4.14. The number of halogens is 3. The maximum Gasteiger partial charge on any atom is 0.436 e. The highest BCUT2D eigenvalue weighted by molar-refractivity contribution is 7.90. The molecule has 14 heteroatoms. The zero-order chi connectivity index (χ0) is 19.7. The second-order valence-electron chi connectivity index (χ2n) is 5.11. The van der Waals surface area contributed by atoms with Crippen molar-refractivity contribution in [2.75, 3.05) is 14.1 Å². The first-order valence-corrected chi connectivity index (χ1v) is 8.11. The molecule has 2 aromatic rings. The van der Waals surface area contributed by atoms with Gasteiger partial charge in [0.2, 0.25) is 0 Å². The van der Waals surface area contributed by atoms with Crippen molar-refractivity contribution in [3.63, 3.8) is 0 Å². The normalized spacial score (nSPS) is 12.5. The van der Waals surface area contributed by atoms with Crippen LogP contribution in [0.15, 0.2) is 33.7 Å². The molecule has 0 radical (unpaired) electrons. The third-order valence-electron chi connectivity index (χ3n) is 2.88. The van der Waals surface area contributed by atoms with Gasteiger partial charge in [-0.05, 0) is 6.07 Å². The van der Waals surface area contributed by atoms with Crippen LogP contribution in [-0.2, 0) is 16.2 Å². The monoisotopic (exact) mass is 392 g/mol. The molecule has 140 valence electrons. The van der Waals surface area contributed by atoms with E-state index in [0.29, 0.717) is 16.9 Å². The molecule has 0 spiro atoms. The first kappa shape index (κ1) is 19.3. The standard InChI is InChI=1S/C12H11F3N6O4S/c1-19(2)7-16-26(24,25)10-5-8(21(22)23)3-4-9(10)20-6-11(17-18-20)12(13,14)15/h3-7H,1-2H3. The fraction of sp³-hybridized carbons (Fsp3) is 0.250. The molecule has 0 aliphatic heterocycles. The molecule has 26 heavy (non-hydrogen) atoms. The quantitative estimate of drug-likeness (QED) is 0.327. The average Bonchev–Trinajstić information content (AvgIpc) is 3.02. The van der Waals surface area contributed by atoms with E-state index in [1.807, 2.05) is 0 Å². The zero-order valence-electron chi connectivity index (χ0n) is 13.2. The van der Waals surface area contributed by atoms with E-state index in [1.54, 1.807) is 0 Å². The number of nitro groups is 1. The number of sulfonamides is 1. The van der Waals surface area contributed by atoms with Crippen LogP contribution in [0.2, 0.25) is 0 Å². The summed E-state index contributed by atoms with van der Waals surface area (Å²) in [6, 6.07) is 2.57. The van der Waals surface area contributed by atoms with Gasteiger partial charge < -0.3 is 4.90 Å². The first-order valence-electron chi connectivity index (χ1n) is 6.67. The summed E-state index contributed by atoms with van der Waals surface area (Å²) in [4.78, 5) is 10.7. The molecule has 0 saturated heterocycles. The number of benzene rings is 1. The number of nitro benzene ring substituents is 1. The molecule has 0 bridgehead atoms. The van der Waals surface area contributed by atoms with Crippen molar-refractivity contribution in [1.82, 2.24) is 19.9 Å². The lowest BCUT2D eigenvalue weighted by Crippen LogP contribution is -2.12. The maximum absolute atomic E-state index is 12.7. The van der Waals surface area contributed by atoms with Crippen molar-refractivity contribution in [1.29, 1.82) is 0 Å². The summed E-state index contributed by atoms with van der Waals surface area (Å²) in [7, 11) is -1.49. The van der Waals surface area contributed by atoms with Crippen molar-refractivity contribution in [3.05, 3.63) is 40.2 Å².